The first kappa shape index (κ1) is 104. The van der Waals surface area contributed by atoms with Gasteiger partial charge in [0.2, 0.25) is 0 Å². The number of aliphatic hydroxyl groups excluding tert-OH is 6. The summed E-state index contributed by atoms with van der Waals surface area (Å²) in [5.74, 6) is 6.53. The molecule has 129 heavy (non-hydrogen) atoms. The molecular formula is C100H167N3O22S4-4. The second-order valence-electron chi connectivity index (χ2n) is 49.1. The molecule has 16 saturated carbocycles. The maximum atomic E-state index is 12.5. The molecule has 0 saturated heterocycles. The Morgan fingerprint density at radius 3 is 0.992 bits per heavy atom. The van der Waals surface area contributed by atoms with Crippen molar-refractivity contribution in [2.75, 3.05) is 0 Å². The molecule has 0 aromatic rings. The molecule has 42 atom stereocenters. The van der Waals surface area contributed by atoms with E-state index in [1.54, 1.807) is 27.7 Å². The van der Waals surface area contributed by atoms with E-state index in [0.29, 0.717) is 137 Å². The van der Waals surface area contributed by atoms with E-state index >= 15 is 0 Å². The summed E-state index contributed by atoms with van der Waals surface area (Å²) in [6.45, 7) is 33.9. The Labute approximate surface area is 775 Å². The molecule has 25 nitrogen and oxygen atoms in total. The van der Waals surface area contributed by atoms with Crippen LogP contribution in [-0.2, 0) is 60.2 Å². The summed E-state index contributed by atoms with van der Waals surface area (Å²) >= 11 is 0. The van der Waals surface area contributed by atoms with Crippen LogP contribution in [0.4, 0.5) is 0 Å². The van der Waals surface area contributed by atoms with Gasteiger partial charge in [-0.05, 0) is 431 Å². The summed E-state index contributed by atoms with van der Waals surface area (Å²) in [6.07, 6.45) is 28.6. The molecule has 0 spiro atoms. The molecule has 0 aliphatic heterocycles. The van der Waals surface area contributed by atoms with Crippen molar-refractivity contribution in [2.24, 2.45) is 185 Å². The van der Waals surface area contributed by atoms with Gasteiger partial charge in [-0.1, -0.05) is 83.1 Å². The van der Waals surface area contributed by atoms with Gasteiger partial charge < -0.3 is 68.0 Å². The molecule has 16 aliphatic rings. The van der Waals surface area contributed by atoms with Crippen molar-refractivity contribution in [3.05, 3.63) is 0 Å². The summed E-state index contributed by atoms with van der Waals surface area (Å²) < 4.78 is 151. The SMILES string of the molecule is CC(=O)CC[C@@H](C)[C@H]1CC[C@H]2[C@@H]3C(NS(=O)(=O)[O-])C[C@@H]4C[C@H](O)CC[C@]4(C)[C@H]3CC[C@]12C.CC(=O)CC[C@@H](C)[C@H]1CC[C@H]2[C@@H]3C(NS(=O)(=O)[O-])C[C@@H]4C[C@H](O)CC[C@]4(C)[C@H]3C[C@H](O)[C@]12C.CC(=O)CC[C@@H](C)[C@H]1CC[C@H]2[C@@H]3C(NS(=O)(=O)[O-])[C@H](O)[C@@H]4C[C@H](O)CC[C@]4(C)[C@H]3CC[C@]12C.CC(=O)CC[C@@H](C)[C@H]1CC[C@H]2[C@@H]3C(S(=O)(=O)[O-])C[C@@H]4C[C@H](O)CC[C@]4(C)[C@H]3CC[C@]12C. The number of Topliss-reactive ketones (excluding diaryl/α,β-unsaturated/α-hetero) is 4. The lowest BCUT2D eigenvalue weighted by Gasteiger charge is -2.64. The highest BCUT2D eigenvalue weighted by molar-refractivity contribution is 7.86. The predicted molar refractivity (Wildman–Crippen MR) is 489 cm³/mol. The second kappa shape index (κ2) is 38.9. The van der Waals surface area contributed by atoms with Crippen molar-refractivity contribution < 1.29 is 102 Å². The van der Waals surface area contributed by atoms with Crippen LogP contribution in [0.5, 0.6) is 0 Å². The highest BCUT2D eigenvalue weighted by Gasteiger charge is 2.71. The first-order chi connectivity index (χ1) is 59.8. The first-order valence-electron chi connectivity index (χ1n) is 51.0. The van der Waals surface area contributed by atoms with E-state index in [1.165, 1.54) is 0 Å². The van der Waals surface area contributed by atoms with Crippen LogP contribution in [0, 0.1) is 185 Å². The molecular weight excluding hydrogens is 1720 g/mol. The van der Waals surface area contributed by atoms with Gasteiger partial charge in [0.1, 0.15) is 23.1 Å². The zero-order chi connectivity index (χ0) is 94.9. The lowest BCUT2D eigenvalue weighted by atomic mass is 9.42. The van der Waals surface area contributed by atoms with Crippen LogP contribution in [0.15, 0.2) is 0 Å². The van der Waals surface area contributed by atoms with Gasteiger partial charge in [-0.25, -0.2) is 47.8 Å². The van der Waals surface area contributed by atoms with Crippen molar-refractivity contribution in [3.63, 3.8) is 0 Å². The number of hydrogen-bond acceptors (Lipinski definition) is 22. The Balaban J connectivity index is 0.000000147. The van der Waals surface area contributed by atoms with Crippen molar-refractivity contribution in [1.29, 1.82) is 0 Å². The number of carbonyl (C=O) groups excluding carboxylic acids is 4. The van der Waals surface area contributed by atoms with Gasteiger partial charge in [0.15, 0.2) is 30.9 Å². The number of aliphatic hydroxyl groups is 6. The summed E-state index contributed by atoms with van der Waals surface area (Å²) in [5, 5.41) is 63.6. The highest BCUT2D eigenvalue weighted by atomic mass is 32.2. The highest BCUT2D eigenvalue weighted by Crippen LogP contribution is 2.75. The van der Waals surface area contributed by atoms with Crippen LogP contribution < -0.4 is 14.2 Å². The fraction of sp³-hybridized carbons (Fsp3) is 0.960. The summed E-state index contributed by atoms with van der Waals surface area (Å²) in [6, 6.07) is -1.59. The standard InChI is InChI=1S/2C25H43NO6S.C25H43NO5S.C25H42O5S/c1-14(5-6-15(2)27)17-7-8-18-21-19(10-12-24(17,18)3)25(4)11-9-16(28)13-20(25)23(29)22(21)26-33(30,31)32;1-14(5-6-15(2)27)18-7-8-19-23-20(13-22(29)25(18,19)4)24(3)10-9-17(28)11-16(24)12-21(23)26-33(30,31)32;1-15(5-6-16(2)27)19-7-8-20-23-21(10-12-25(19,20)4)24(3)11-9-18(28)13-17(24)14-22(23)26-32(29,30)31;1-15(5-6-16(2)26)19-7-8-20-23-21(10-12-25(19,20)4)24(3)11-9-18(27)13-17(24)14-22(23)31(28,29)30/h2*14,16-23,26,28-29H,5-13H2,1-4H3,(H,30,31,32);15,17-23,26,28H,5-14H2,1-4H3,(H,29,30,31);15,17-23,27H,5-14H2,1-4H3,(H,28,29,30)/p-4/t14-,16-,17-,18+,19+,20+,21+,22?,23-,24-,25-;14-,16+,17-,18-,19+,20+,21?,22+,23+,24+,25-;2*15-,17+,18-,19-,20+,21+,22?,23+,24+,25-/m1111/s1. The predicted octanol–water partition coefficient (Wildman–Crippen LogP) is 14.6. The van der Waals surface area contributed by atoms with Gasteiger partial charge >= 0.3 is 0 Å². The third-order valence-electron chi connectivity index (χ3n) is 43.0. The molecule has 0 heterocycles. The van der Waals surface area contributed by atoms with Gasteiger partial charge in [0, 0.05) is 37.8 Å². The number of hydrogen-bond donors (Lipinski definition) is 9. The number of rotatable bonds is 23. The van der Waals surface area contributed by atoms with Gasteiger partial charge in [-0.15, -0.1) is 0 Å². The van der Waals surface area contributed by atoms with Gasteiger partial charge in [0.25, 0.3) is 0 Å². The summed E-state index contributed by atoms with van der Waals surface area (Å²) in [7, 11) is -18.3. The van der Waals surface area contributed by atoms with E-state index in [1.807, 2.05) is 0 Å². The molecule has 9 N–H and O–H groups in total. The number of fused-ring (bicyclic) bond motifs is 20. The Morgan fingerprint density at radius 1 is 0.318 bits per heavy atom. The summed E-state index contributed by atoms with van der Waals surface area (Å²) in [5.41, 5.74) is -0.288. The molecule has 0 bridgehead atoms. The molecule has 4 unspecified atom stereocenters. The van der Waals surface area contributed by atoms with Crippen LogP contribution in [0.3, 0.4) is 0 Å². The van der Waals surface area contributed by atoms with Gasteiger partial charge in [0.05, 0.1) is 58.0 Å². The third kappa shape index (κ3) is 20.5. The lowest BCUT2D eigenvalue weighted by Crippen LogP contribution is -2.68. The molecule has 0 aromatic heterocycles. The molecule has 16 aliphatic carbocycles. The van der Waals surface area contributed by atoms with Crippen LogP contribution >= 0.6 is 0 Å². The van der Waals surface area contributed by atoms with Crippen LogP contribution in [0.25, 0.3) is 0 Å². The Kier molecular flexibility index (Phi) is 31.4. The zero-order valence-electron chi connectivity index (χ0n) is 80.8. The van der Waals surface area contributed by atoms with Crippen molar-refractivity contribution in [2.45, 2.75) is 415 Å². The minimum Gasteiger partial charge on any atom is -0.748 e. The largest absolute Gasteiger partial charge is 0.748 e. The van der Waals surface area contributed by atoms with Crippen molar-refractivity contribution in [1.82, 2.24) is 14.2 Å². The number of ketones is 4. The summed E-state index contributed by atoms with van der Waals surface area (Å²) in [4.78, 5) is 46.3. The van der Waals surface area contributed by atoms with E-state index in [0.717, 1.165) is 161 Å². The Bertz CT molecular complexity index is 4470. The minimum absolute atomic E-state index is 0.00104. The van der Waals surface area contributed by atoms with Crippen LogP contribution in [0.1, 0.15) is 355 Å². The topological polar surface area (TPSA) is 455 Å². The average molecular weight is 1890 g/mol. The molecule has 0 aromatic carbocycles. The van der Waals surface area contributed by atoms with Gasteiger partial charge in [-0.2, -0.15) is 0 Å². The van der Waals surface area contributed by atoms with E-state index < -0.39 is 76.7 Å². The molecule has 0 radical (unpaired) electrons. The minimum atomic E-state index is -4.73. The molecule has 16 fully saturated rings. The number of carbonyl (C=O) groups is 4. The smallest absolute Gasteiger partial charge is 0.159 e. The van der Waals surface area contributed by atoms with Crippen molar-refractivity contribution >= 4 is 64.2 Å². The van der Waals surface area contributed by atoms with Gasteiger partial charge in [-0.3, -0.25) is 0 Å². The van der Waals surface area contributed by atoms with E-state index in [4.69, 9.17) is 0 Å². The maximum Gasteiger partial charge on any atom is 0.159 e. The fourth-order valence-electron chi connectivity index (χ4n) is 36.6. The van der Waals surface area contributed by atoms with E-state index in [9.17, 15) is 102 Å². The van der Waals surface area contributed by atoms with E-state index in [2.05, 4.69) is 97.3 Å². The molecule has 16 rings (SSSR count). The third-order valence-corrected chi connectivity index (χ3v) is 46.0. The average Bonchev–Trinajstić information content (AvgIpc) is 1.65. The maximum absolute atomic E-state index is 12.5. The van der Waals surface area contributed by atoms with Crippen molar-refractivity contribution in [3.8, 4) is 0 Å². The monoisotopic (exact) mass is 1890 g/mol. The normalized spacial score (nSPS) is 48.1. The van der Waals surface area contributed by atoms with Crippen LogP contribution in [-0.4, -0.2) is 166 Å². The number of nitrogens with one attached hydrogen (secondary N) is 3. The zero-order valence-corrected chi connectivity index (χ0v) is 84.1. The first-order valence-corrected chi connectivity index (χ1v) is 56.7. The quantitative estimate of drug-likeness (QED) is 0.0429. The Morgan fingerprint density at radius 2 is 0.612 bits per heavy atom. The second-order valence-corrected chi connectivity index (χ2v) is 54.2. The lowest BCUT2D eigenvalue weighted by molar-refractivity contribution is -0.184. The molecule has 742 valence electrons. The Hall–Kier alpha value is -2.04. The molecule has 0 amide bonds. The fourth-order valence-corrected chi connectivity index (χ4v) is 39.7. The van der Waals surface area contributed by atoms with Crippen LogP contribution in [0.2, 0.25) is 0 Å². The van der Waals surface area contributed by atoms with E-state index in [-0.39, 0.29) is 180 Å². The molecule has 29 heteroatoms.